The maximum Gasteiger partial charge on any atom is 0.0823 e. The van der Waals surface area contributed by atoms with E-state index in [2.05, 4.69) is 18.9 Å². The molecule has 0 aliphatic heterocycles. The van der Waals surface area contributed by atoms with Gasteiger partial charge in [0, 0.05) is 30.1 Å². The van der Waals surface area contributed by atoms with E-state index in [1.54, 1.807) is 4.68 Å². The van der Waals surface area contributed by atoms with Crippen molar-refractivity contribution in [1.82, 2.24) is 19.6 Å². The second-order valence-corrected chi connectivity index (χ2v) is 5.12. The fourth-order valence-electron chi connectivity index (χ4n) is 2.65. The molecule has 0 amide bonds. The van der Waals surface area contributed by atoms with Crippen LogP contribution in [-0.4, -0.2) is 24.7 Å². The molecule has 2 heterocycles. The zero-order chi connectivity index (χ0) is 14.7. The summed E-state index contributed by atoms with van der Waals surface area (Å²) in [5, 5.41) is 19.2. The number of hydrogen-bond donors (Lipinski definition) is 1. The Morgan fingerprint density at radius 3 is 2.50 bits per heavy atom. The van der Waals surface area contributed by atoms with Crippen LogP contribution in [-0.2, 0) is 26.4 Å². The highest BCUT2D eigenvalue weighted by Crippen LogP contribution is 2.26. The van der Waals surface area contributed by atoms with Gasteiger partial charge < -0.3 is 5.11 Å². The number of aromatic nitrogens is 4. The smallest absolute Gasteiger partial charge is 0.0823 e. The van der Waals surface area contributed by atoms with E-state index in [4.69, 9.17) is 5.10 Å². The van der Waals surface area contributed by atoms with E-state index in [-0.39, 0.29) is 0 Å². The Kier molecular flexibility index (Phi) is 4.60. The van der Waals surface area contributed by atoms with E-state index in [0.717, 1.165) is 41.8 Å². The molecule has 1 N–H and O–H groups in total. The summed E-state index contributed by atoms with van der Waals surface area (Å²) in [4.78, 5) is 0. The fourth-order valence-corrected chi connectivity index (χ4v) is 2.65. The molecular formula is C15H24N4O. The largest absolute Gasteiger partial charge is 0.388 e. The van der Waals surface area contributed by atoms with Crippen LogP contribution in [0, 0.1) is 0 Å². The van der Waals surface area contributed by atoms with E-state index >= 15 is 0 Å². The number of aliphatic hydroxyl groups excluding tert-OH is 1. The number of aliphatic hydroxyl groups is 1. The first-order chi connectivity index (χ1) is 9.60. The molecule has 5 nitrogen and oxygen atoms in total. The van der Waals surface area contributed by atoms with Crippen LogP contribution in [0.1, 0.15) is 55.8 Å². The van der Waals surface area contributed by atoms with E-state index in [1.807, 2.05) is 31.0 Å². The molecule has 20 heavy (non-hydrogen) atoms. The first kappa shape index (κ1) is 14.8. The molecule has 2 rings (SSSR count). The lowest BCUT2D eigenvalue weighted by Gasteiger charge is -2.11. The van der Waals surface area contributed by atoms with E-state index in [1.165, 1.54) is 0 Å². The van der Waals surface area contributed by atoms with Crippen molar-refractivity contribution in [2.45, 2.75) is 52.7 Å². The van der Waals surface area contributed by atoms with Gasteiger partial charge in [-0.1, -0.05) is 20.8 Å². The highest BCUT2D eigenvalue weighted by atomic mass is 16.3. The molecule has 0 aliphatic rings. The van der Waals surface area contributed by atoms with Crippen molar-refractivity contribution >= 4 is 0 Å². The van der Waals surface area contributed by atoms with Gasteiger partial charge in [0.25, 0.3) is 0 Å². The monoisotopic (exact) mass is 276 g/mol. The Morgan fingerprint density at radius 1 is 1.25 bits per heavy atom. The van der Waals surface area contributed by atoms with Crippen LogP contribution in [0.5, 0.6) is 0 Å². The van der Waals surface area contributed by atoms with Crippen LogP contribution in [0.25, 0.3) is 0 Å². The van der Waals surface area contributed by atoms with Gasteiger partial charge in [0.2, 0.25) is 0 Å². The van der Waals surface area contributed by atoms with Gasteiger partial charge in [0.15, 0.2) is 0 Å². The Balaban J connectivity index is 2.40. The van der Waals surface area contributed by atoms with Crippen molar-refractivity contribution in [2.75, 3.05) is 0 Å². The summed E-state index contributed by atoms with van der Waals surface area (Å²) < 4.78 is 3.82. The van der Waals surface area contributed by atoms with Gasteiger partial charge in [0.05, 0.1) is 24.5 Å². The number of rotatable bonds is 6. The maximum absolute atomic E-state index is 10.3. The first-order valence-electron chi connectivity index (χ1n) is 7.34. The summed E-state index contributed by atoms with van der Waals surface area (Å²) in [5.41, 5.74) is 4.31. The van der Waals surface area contributed by atoms with Crippen LogP contribution in [0.2, 0.25) is 0 Å². The summed E-state index contributed by atoms with van der Waals surface area (Å²) in [7, 11) is 1.91. The van der Waals surface area contributed by atoms with Gasteiger partial charge in [-0.15, -0.1) is 0 Å². The van der Waals surface area contributed by atoms with Gasteiger partial charge in [-0.25, -0.2) is 0 Å². The summed E-state index contributed by atoms with van der Waals surface area (Å²) in [5.74, 6) is 0. The number of hydrogen-bond acceptors (Lipinski definition) is 3. The Bertz CT molecular complexity index is 570. The predicted octanol–water partition coefficient (Wildman–Crippen LogP) is 2.23. The van der Waals surface area contributed by atoms with Gasteiger partial charge in [-0.05, 0) is 19.3 Å². The lowest BCUT2D eigenvalue weighted by Crippen LogP contribution is -2.07. The van der Waals surface area contributed by atoms with Gasteiger partial charge >= 0.3 is 0 Å². The molecule has 0 aromatic carbocycles. The average Bonchev–Trinajstić information content (AvgIpc) is 3.01. The summed E-state index contributed by atoms with van der Waals surface area (Å²) in [6.07, 6.45) is 5.89. The lowest BCUT2D eigenvalue weighted by atomic mass is 10.0. The molecule has 2 aromatic heterocycles. The molecule has 110 valence electrons. The molecule has 1 atom stereocenters. The molecule has 2 aromatic rings. The Labute approximate surface area is 120 Å². The lowest BCUT2D eigenvalue weighted by molar-refractivity contribution is 0.171. The van der Waals surface area contributed by atoms with Crippen molar-refractivity contribution in [2.24, 2.45) is 7.05 Å². The third-order valence-electron chi connectivity index (χ3n) is 3.66. The first-order valence-corrected chi connectivity index (χ1v) is 7.34. The van der Waals surface area contributed by atoms with Crippen molar-refractivity contribution in [1.29, 1.82) is 0 Å². The average molecular weight is 276 g/mol. The SMILES string of the molecule is CCc1nn(Cc2cnn(C)c2)c(CC)c1C(O)CC. The molecule has 0 aliphatic carbocycles. The molecule has 0 bridgehead atoms. The molecule has 1 unspecified atom stereocenters. The van der Waals surface area contributed by atoms with Crippen molar-refractivity contribution in [3.63, 3.8) is 0 Å². The zero-order valence-corrected chi connectivity index (χ0v) is 12.8. The van der Waals surface area contributed by atoms with Crippen LogP contribution in [0.4, 0.5) is 0 Å². The number of nitrogens with zero attached hydrogens (tertiary/aromatic N) is 4. The predicted molar refractivity (Wildman–Crippen MR) is 78.5 cm³/mol. The molecule has 0 saturated carbocycles. The fraction of sp³-hybridized carbons (Fsp3) is 0.600. The third kappa shape index (κ3) is 2.77. The minimum absolute atomic E-state index is 0.414. The highest BCUT2D eigenvalue weighted by molar-refractivity contribution is 5.30. The van der Waals surface area contributed by atoms with Gasteiger partial charge in [0.1, 0.15) is 0 Å². The Morgan fingerprint density at radius 2 is 2.00 bits per heavy atom. The Hall–Kier alpha value is -1.62. The van der Waals surface area contributed by atoms with Crippen molar-refractivity contribution in [3.8, 4) is 0 Å². The van der Waals surface area contributed by atoms with Crippen molar-refractivity contribution < 1.29 is 5.11 Å². The van der Waals surface area contributed by atoms with E-state index < -0.39 is 6.10 Å². The summed E-state index contributed by atoms with van der Waals surface area (Å²) in [6.45, 7) is 6.91. The molecular weight excluding hydrogens is 252 g/mol. The van der Waals surface area contributed by atoms with Crippen LogP contribution < -0.4 is 0 Å². The number of aryl methyl sites for hydroxylation is 2. The van der Waals surface area contributed by atoms with E-state index in [0.29, 0.717) is 6.54 Å². The maximum atomic E-state index is 10.3. The molecule has 0 saturated heterocycles. The molecule has 0 radical (unpaired) electrons. The van der Waals surface area contributed by atoms with E-state index in [9.17, 15) is 5.11 Å². The van der Waals surface area contributed by atoms with Crippen molar-refractivity contribution in [3.05, 3.63) is 34.9 Å². The quantitative estimate of drug-likeness (QED) is 0.880. The standard InChI is InChI=1S/C15H24N4O/c1-5-12-15(14(20)7-3)13(6-2)19(17-12)10-11-8-16-18(4)9-11/h8-9,14,20H,5-7,10H2,1-4H3. The minimum atomic E-state index is -0.414. The van der Waals surface area contributed by atoms with Gasteiger partial charge in [-0.3, -0.25) is 9.36 Å². The molecule has 5 heteroatoms. The van der Waals surface area contributed by atoms with Crippen LogP contribution in [0.15, 0.2) is 12.4 Å². The second-order valence-electron chi connectivity index (χ2n) is 5.12. The third-order valence-corrected chi connectivity index (χ3v) is 3.66. The zero-order valence-electron chi connectivity index (χ0n) is 12.8. The van der Waals surface area contributed by atoms with Gasteiger partial charge in [-0.2, -0.15) is 10.2 Å². The highest BCUT2D eigenvalue weighted by Gasteiger charge is 2.21. The normalized spacial score (nSPS) is 12.8. The second kappa shape index (κ2) is 6.22. The molecule has 0 fully saturated rings. The minimum Gasteiger partial charge on any atom is -0.388 e. The summed E-state index contributed by atoms with van der Waals surface area (Å²) in [6, 6.07) is 0. The van der Waals surface area contributed by atoms with Crippen LogP contribution >= 0.6 is 0 Å². The summed E-state index contributed by atoms with van der Waals surface area (Å²) >= 11 is 0. The molecule has 0 spiro atoms. The van der Waals surface area contributed by atoms with Crippen LogP contribution in [0.3, 0.4) is 0 Å². The topological polar surface area (TPSA) is 55.9 Å².